The van der Waals surface area contributed by atoms with Crippen LogP contribution in [-0.4, -0.2) is 90.5 Å². The maximum absolute atomic E-state index is 14.5. The van der Waals surface area contributed by atoms with E-state index in [9.17, 15) is 19.5 Å². The van der Waals surface area contributed by atoms with Crippen LogP contribution in [0.15, 0.2) is 60.7 Å². The van der Waals surface area contributed by atoms with Gasteiger partial charge in [-0.25, -0.2) is 9.59 Å². The van der Waals surface area contributed by atoms with Crippen LogP contribution in [0.5, 0.6) is 5.75 Å². The van der Waals surface area contributed by atoms with Crippen molar-refractivity contribution in [1.82, 2.24) is 15.1 Å². The lowest BCUT2D eigenvalue weighted by atomic mass is 9.96. The van der Waals surface area contributed by atoms with Gasteiger partial charge in [0.2, 0.25) is 0 Å². The number of ether oxygens (including phenoxy) is 2. The molecular weight excluding hydrogens is 646 g/mol. The summed E-state index contributed by atoms with van der Waals surface area (Å²) in [5.74, 6) is -0.0888. The maximum Gasteiger partial charge on any atom is 0.323 e. The van der Waals surface area contributed by atoms with Crippen molar-refractivity contribution in [3.63, 3.8) is 0 Å². The Bertz CT molecular complexity index is 1620. The zero-order valence-electron chi connectivity index (χ0n) is 30.5. The molecule has 1 fully saturated rings. The molecule has 51 heavy (non-hydrogen) atoms. The lowest BCUT2D eigenvalue weighted by molar-refractivity contribution is -0.0123. The van der Waals surface area contributed by atoms with E-state index >= 15 is 0 Å². The molecule has 5 amide bonds. The van der Waals surface area contributed by atoms with Gasteiger partial charge in [0.1, 0.15) is 5.75 Å². The van der Waals surface area contributed by atoms with Gasteiger partial charge in [0.05, 0.1) is 36.1 Å². The number of hydrogen-bond donors (Lipinski definition) is 4. The first-order chi connectivity index (χ1) is 24.6. The van der Waals surface area contributed by atoms with Gasteiger partial charge < -0.3 is 40.3 Å². The number of carbonyl (C=O) groups is 3. The molecule has 3 aromatic carbocycles. The molecule has 0 unspecified atom stereocenters. The molecule has 1 aliphatic carbocycles. The second kappa shape index (κ2) is 18.2. The Kier molecular flexibility index (Phi) is 13.5. The normalized spacial score (nSPS) is 21.5. The first kappa shape index (κ1) is 37.9. The number of anilines is 2. The van der Waals surface area contributed by atoms with Crippen molar-refractivity contribution in [3.8, 4) is 5.75 Å². The van der Waals surface area contributed by atoms with Crippen molar-refractivity contribution in [2.24, 2.45) is 5.92 Å². The van der Waals surface area contributed by atoms with E-state index in [4.69, 9.17) is 9.47 Å². The monoisotopic (exact) mass is 701 g/mol. The van der Waals surface area contributed by atoms with E-state index in [-0.39, 0.29) is 54.8 Å². The minimum absolute atomic E-state index is 0.113. The highest BCUT2D eigenvalue weighted by molar-refractivity contribution is 6.07. The highest BCUT2D eigenvalue weighted by atomic mass is 16.5. The van der Waals surface area contributed by atoms with Crippen molar-refractivity contribution < 1.29 is 29.0 Å². The highest BCUT2D eigenvalue weighted by Gasteiger charge is 2.31. The fourth-order valence-corrected chi connectivity index (χ4v) is 6.97. The van der Waals surface area contributed by atoms with Crippen LogP contribution in [0.1, 0.15) is 82.5 Å². The first-order valence-electron chi connectivity index (χ1n) is 18.5. The van der Waals surface area contributed by atoms with E-state index in [1.54, 1.807) is 42.0 Å². The number of hydrogen-bond acceptors (Lipinski definition) is 6. The Morgan fingerprint density at radius 3 is 2.49 bits per heavy atom. The topological polar surface area (TPSA) is 132 Å². The van der Waals surface area contributed by atoms with Gasteiger partial charge >= 0.3 is 12.1 Å². The van der Waals surface area contributed by atoms with Crippen LogP contribution in [-0.2, 0) is 4.74 Å². The van der Waals surface area contributed by atoms with Crippen LogP contribution >= 0.6 is 0 Å². The summed E-state index contributed by atoms with van der Waals surface area (Å²) >= 11 is 0. The molecule has 1 saturated carbocycles. The first-order valence-corrected chi connectivity index (χ1v) is 18.5. The van der Waals surface area contributed by atoms with E-state index in [1.165, 1.54) is 6.42 Å². The Labute approximate surface area is 302 Å². The lowest BCUT2D eigenvalue weighted by Crippen LogP contribution is -2.50. The molecular formula is C40H55N5O6. The van der Waals surface area contributed by atoms with Crippen LogP contribution in [0.4, 0.5) is 21.0 Å². The number of amides is 5. The van der Waals surface area contributed by atoms with Crippen molar-refractivity contribution in [1.29, 1.82) is 0 Å². The summed E-state index contributed by atoms with van der Waals surface area (Å²) in [4.78, 5) is 44.2. The molecule has 0 aromatic heterocycles. The molecule has 11 heteroatoms. The SMILES string of the molecule is C[C@@H]1CCCCO[C@H](CN(C)C(=O)NC2CCCCC2)[C@H](C)CN([C@@H](C)CO)C(=O)c2cc(NC(=O)Nc3cccc4ccccc34)ccc2O1. The standard InChI is InChI=1S/C40H55N5O6/c1-27-24-45(28(2)26-46)38(47)34-23-32(41-39(48)43-35-19-12-15-30-14-8-9-18-33(30)35)20-21-36(34)51-29(3)13-10-11-22-50-37(27)25-44(4)40(49)42-31-16-6-5-7-17-31/h8-9,12,14-15,18-21,23,27-29,31,37,46H,5-7,10-11,13,16-17,22,24-26H2,1-4H3,(H,42,49)(H2,41,43,48)/t27-,28+,29-,37-/m1/s1. The predicted octanol–water partition coefficient (Wildman–Crippen LogP) is 7.25. The zero-order valence-corrected chi connectivity index (χ0v) is 30.5. The molecule has 276 valence electrons. The molecule has 1 aliphatic heterocycles. The lowest BCUT2D eigenvalue weighted by Gasteiger charge is -2.36. The van der Waals surface area contributed by atoms with Crippen LogP contribution in [0.2, 0.25) is 0 Å². The number of aliphatic hydroxyl groups excluding tert-OH is 1. The third kappa shape index (κ3) is 10.4. The quantitative estimate of drug-likeness (QED) is 0.205. The van der Waals surface area contributed by atoms with Crippen molar-refractivity contribution >= 4 is 40.1 Å². The number of carbonyl (C=O) groups excluding carboxylic acids is 3. The van der Waals surface area contributed by atoms with E-state index < -0.39 is 12.1 Å². The fourth-order valence-electron chi connectivity index (χ4n) is 6.97. The van der Waals surface area contributed by atoms with Crippen molar-refractivity contribution in [2.45, 2.75) is 96.4 Å². The third-order valence-corrected chi connectivity index (χ3v) is 10.1. The number of rotatable bonds is 7. The Hall–Kier alpha value is -4.35. The predicted molar refractivity (Wildman–Crippen MR) is 201 cm³/mol. The summed E-state index contributed by atoms with van der Waals surface area (Å²) in [7, 11) is 1.79. The number of likely N-dealkylation sites (N-methyl/N-ethyl adjacent to an activating group) is 1. The van der Waals surface area contributed by atoms with E-state index in [0.29, 0.717) is 30.3 Å². The Morgan fingerprint density at radius 2 is 1.71 bits per heavy atom. The van der Waals surface area contributed by atoms with Crippen LogP contribution in [0.25, 0.3) is 10.8 Å². The smallest absolute Gasteiger partial charge is 0.323 e. The van der Waals surface area contributed by atoms with Gasteiger partial charge in [-0.2, -0.15) is 0 Å². The zero-order chi connectivity index (χ0) is 36.3. The molecule has 3 aromatic rings. The summed E-state index contributed by atoms with van der Waals surface area (Å²) < 4.78 is 12.8. The molecule has 5 rings (SSSR count). The number of nitrogens with one attached hydrogen (secondary N) is 3. The van der Waals surface area contributed by atoms with Gasteiger partial charge in [-0.3, -0.25) is 4.79 Å². The van der Waals surface area contributed by atoms with Crippen molar-refractivity contribution in [3.05, 3.63) is 66.2 Å². The van der Waals surface area contributed by atoms with Crippen LogP contribution in [0, 0.1) is 5.92 Å². The van der Waals surface area contributed by atoms with E-state index in [2.05, 4.69) is 16.0 Å². The maximum atomic E-state index is 14.5. The van der Waals surface area contributed by atoms with E-state index in [1.807, 2.05) is 56.3 Å². The summed E-state index contributed by atoms with van der Waals surface area (Å²) in [6.45, 7) is 6.72. The molecule has 0 bridgehead atoms. The highest BCUT2D eigenvalue weighted by Crippen LogP contribution is 2.29. The summed E-state index contributed by atoms with van der Waals surface area (Å²) in [5, 5.41) is 21.2. The number of nitrogens with zero attached hydrogens (tertiary/aromatic N) is 2. The molecule has 4 atom stereocenters. The number of benzene rings is 3. The van der Waals surface area contributed by atoms with Gasteiger partial charge in [0.15, 0.2) is 0 Å². The molecule has 0 radical (unpaired) electrons. The van der Waals surface area contributed by atoms with Gasteiger partial charge in [-0.05, 0) is 75.6 Å². The van der Waals surface area contributed by atoms with Gasteiger partial charge in [-0.1, -0.05) is 62.6 Å². The third-order valence-electron chi connectivity index (χ3n) is 10.1. The van der Waals surface area contributed by atoms with Crippen LogP contribution < -0.4 is 20.7 Å². The summed E-state index contributed by atoms with van der Waals surface area (Å²) in [5.41, 5.74) is 1.38. The van der Waals surface area contributed by atoms with Gasteiger partial charge in [0, 0.05) is 49.8 Å². The Morgan fingerprint density at radius 1 is 0.961 bits per heavy atom. The molecule has 11 nitrogen and oxygen atoms in total. The van der Waals surface area contributed by atoms with Crippen molar-refractivity contribution in [2.75, 3.05) is 44.0 Å². The number of aliphatic hydroxyl groups is 1. The molecule has 2 aliphatic rings. The minimum Gasteiger partial charge on any atom is -0.490 e. The second-order valence-corrected chi connectivity index (χ2v) is 14.3. The van der Waals surface area contributed by atoms with Gasteiger partial charge in [-0.15, -0.1) is 0 Å². The minimum atomic E-state index is -0.516. The average Bonchev–Trinajstić information content (AvgIpc) is 3.13. The second-order valence-electron chi connectivity index (χ2n) is 14.3. The van der Waals surface area contributed by atoms with Gasteiger partial charge in [0.25, 0.3) is 5.91 Å². The largest absolute Gasteiger partial charge is 0.490 e. The summed E-state index contributed by atoms with van der Waals surface area (Å²) in [6, 6.07) is 17.7. The number of fused-ring (bicyclic) bond motifs is 2. The molecule has 0 saturated heterocycles. The molecule has 4 N–H and O–H groups in total. The average molecular weight is 702 g/mol. The van der Waals surface area contributed by atoms with E-state index in [0.717, 1.165) is 55.7 Å². The summed E-state index contributed by atoms with van der Waals surface area (Å²) in [6.07, 6.45) is 7.41. The fraction of sp³-hybridized carbons (Fsp3) is 0.525. The Balaban J connectivity index is 1.36. The number of urea groups is 2. The molecule has 0 spiro atoms. The van der Waals surface area contributed by atoms with Crippen LogP contribution in [0.3, 0.4) is 0 Å². The molecule has 1 heterocycles.